The average Bonchev–Trinajstić information content (AvgIpc) is 2.92. The van der Waals surface area contributed by atoms with Crippen molar-refractivity contribution < 1.29 is 0 Å². The van der Waals surface area contributed by atoms with Crippen LogP contribution < -0.4 is 0 Å². The van der Waals surface area contributed by atoms with E-state index in [2.05, 4.69) is 128 Å². The van der Waals surface area contributed by atoms with Gasteiger partial charge in [0.25, 0.3) is 0 Å². The summed E-state index contributed by atoms with van der Waals surface area (Å²) < 4.78 is 0. The van der Waals surface area contributed by atoms with Crippen LogP contribution in [-0.2, 0) is 0 Å². The van der Waals surface area contributed by atoms with Crippen LogP contribution >= 0.6 is 0 Å². The van der Waals surface area contributed by atoms with E-state index in [4.69, 9.17) is 4.98 Å². The molecule has 0 N–H and O–H groups in total. The van der Waals surface area contributed by atoms with Gasteiger partial charge in [0.1, 0.15) is 0 Å². The van der Waals surface area contributed by atoms with Crippen molar-refractivity contribution in [2.45, 2.75) is 0 Å². The summed E-state index contributed by atoms with van der Waals surface area (Å²) in [6, 6.07) is 43.3. The zero-order valence-electron chi connectivity index (χ0n) is 18.6. The number of hydrogen-bond donors (Lipinski definition) is 0. The normalized spacial score (nSPS) is 11.5. The molecule has 0 atom stereocenters. The highest BCUT2D eigenvalue weighted by Gasteiger charge is 2.19. The summed E-state index contributed by atoms with van der Waals surface area (Å²) >= 11 is 0. The van der Waals surface area contributed by atoms with Gasteiger partial charge in [-0.15, -0.1) is 0 Å². The molecule has 6 aromatic carbocycles. The van der Waals surface area contributed by atoms with Gasteiger partial charge in [-0.05, 0) is 49.9 Å². The van der Waals surface area contributed by atoms with E-state index >= 15 is 0 Å². The summed E-state index contributed by atoms with van der Waals surface area (Å²) in [5, 5.41) is 8.66. The largest absolute Gasteiger partial charge is 0.256 e. The lowest BCUT2D eigenvalue weighted by molar-refractivity contribution is 1.45. The van der Waals surface area contributed by atoms with Crippen LogP contribution in [0.1, 0.15) is 0 Å². The number of aromatic nitrogens is 1. The maximum Gasteiger partial charge on any atom is 0.0708 e. The highest BCUT2D eigenvalue weighted by Crippen LogP contribution is 2.46. The summed E-state index contributed by atoms with van der Waals surface area (Å²) in [7, 11) is 0. The second kappa shape index (κ2) is 7.54. The fourth-order valence-electron chi connectivity index (χ4n) is 5.44. The van der Waals surface area contributed by atoms with Crippen LogP contribution in [0.4, 0.5) is 0 Å². The Kier molecular flexibility index (Phi) is 4.22. The molecule has 0 fully saturated rings. The maximum atomic E-state index is 4.92. The third-order valence-electron chi connectivity index (χ3n) is 6.88. The fourth-order valence-corrected chi connectivity index (χ4v) is 5.44. The van der Waals surface area contributed by atoms with E-state index in [-0.39, 0.29) is 0 Å². The van der Waals surface area contributed by atoms with Crippen molar-refractivity contribution in [3.63, 3.8) is 0 Å². The first-order chi connectivity index (χ1) is 16.9. The fraction of sp³-hybridized carbons (Fsp3) is 0. The van der Waals surface area contributed by atoms with Gasteiger partial charge >= 0.3 is 0 Å². The smallest absolute Gasteiger partial charge is 0.0708 e. The van der Waals surface area contributed by atoms with Gasteiger partial charge in [0.15, 0.2) is 0 Å². The zero-order chi connectivity index (χ0) is 22.5. The van der Waals surface area contributed by atoms with Crippen molar-refractivity contribution in [2.75, 3.05) is 0 Å². The predicted molar refractivity (Wildman–Crippen MR) is 145 cm³/mol. The molecule has 1 aromatic heterocycles. The van der Waals surface area contributed by atoms with Gasteiger partial charge in [0.2, 0.25) is 0 Å². The Balaban J connectivity index is 1.78. The van der Waals surface area contributed by atoms with Gasteiger partial charge in [0, 0.05) is 22.4 Å². The Labute approximate surface area is 197 Å². The first kappa shape index (κ1) is 19.0. The van der Waals surface area contributed by atoms with E-state index in [0.29, 0.717) is 0 Å². The molecule has 1 heteroatoms. The van der Waals surface area contributed by atoms with E-state index in [9.17, 15) is 0 Å². The van der Waals surface area contributed by atoms with Gasteiger partial charge < -0.3 is 0 Å². The molecular formula is C33H21N. The monoisotopic (exact) mass is 431 g/mol. The minimum atomic E-state index is 1.02. The Morgan fingerprint density at radius 2 is 1.03 bits per heavy atom. The van der Waals surface area contributed by atoms with Crippen LogP contribution in [0, 0.1) is 0 Å². The van der Waals surface area contributed by atoms with Crippen LogP contribution in [0.25, 0.3) is 65.5 Å². The van der Waals surface area contributed by atoms with E-state index in [1.807, 2.05) is 0 Å². The molecule has 7 rings (SSSR count). The van der Waals surface area contributed by atoms with Crippen LogP contribution in [0.2, 0.25) is 0 Å². The molecule has 1 heterocycles. The Hall–Kier alpha value is -4.49. The van der Waals surface area contributed by atoms with E-state index < -0.39 is 0 Å². The second-order valence-electron chi connectivity index (χ2n) is 8.75. The molecule has 34 heavy (non-hydrogen) atoms. The molecule has 7 aromatic rings. The van der Waals surface area contributed by atoms with Crippen LogP contribution in [0.15, 0.2) is 128 Å². The first-order valence-corrected chi connectivity index (χ1v) is 11.7. The van der Waals surface area contributed by atoms with E-state index in [0.717, 1.165) is 5.52 Å². The molecule has 0 bridgehead atoms. The van der Waals surface area contributed by atoms with Crippen LogP contribution in [-0.4, -0.2) is 4.98 Å². The van der Waals surface area contributed by atoms with Gasteiger partial charge in [-0.3, -0.25) is 4.98 Å². The number of fused-ring (bicyclic) bond motifs is 5. The lowest BCUT2D eigenvalue weighted by Crippen LogP contribution is -1.93. The molecule has 0 aliphatic rings. The number of rotatable bonds is 2. The van der Waals surface area contributed by atoms with Crippen LogP contribution in [0.5, 0.6) is 0 Å². The molecule has 0 amide bonds. The average molecular weight is 432 g/mol. The van der Waals surface area contributed by atoms with Crippen molar-refractivity contribution in [1.82, 2.24) is 4.98 Å². The number of hydrogen-bond acceptors (Lipinski definition) is 1. The van der Waals surface area contributed by atoms with Crippen molar-refractivity contribution >= 4 is 43.2 Å². The van der Waals surface area contributed by atoms with E-state index in [1.54, 1.807) is 0 Å². The molecule has 0 unspecified atom stereocenters. The SMILES string of the molecule is c1ccc(-c2c3ccccc3c(-c3cccc4ccccc34)c3cnc4ccccc4c23)cc1. The summed E-state index contributed by atoms with van der Waals surface area (Å²) in [5.74, 6) is 0. The molecule has 0 saturated carbocycles. The van der Waals surface area contributed by atoms with Crippen molar-refractivity contribution in [3.8, 4) is 22.3 Å². The Morgan fingerprint density at radius 3 is 1.85 bits per heavy atom. The molecule has 158 valence electrons. The highest BCUT2D eigenvalue weighted by molar-refractivity contribution is 6.28. The maximum absolute atomic E-state index is 4.92. The first-order valence-electron chi connectivity index (χ1n) is 11.7. The van der Waals surface area contributed by atoms with Gasteiger partial charge in [0.05, 0.1) is 5.52 Å². The summed E-state index contributed by atoms with van der Waals surface area (Å²) in [4.78, 5) is 4.92. The number of nitrogens with zero attached hydrogens (tertiary/aromatic N) is 1. The topological polar surface area (TPSA) is 12.9 Å². The minimum Gasteiger partial charge on any atom is -0.256 e. The lowest BCUT2D eigenvalue weighted by atomic mass is 9.84. The minimum absolute atomic E-state index is 1.02. The second-order valence-corrected chi connectivity index (χ2v) is 8.75. The lowest BCUT2D eigenvalue weighted by Gasteiger charge is -2.19. The molecule has 0 aliphatic carbocycles. The van der Waals surface area contributed by atoms with Crippen molar-refractivity contribution in [2.24, 2.45) is 0 Å². The number of para-hydroxylation sites is 1. The molecular weight excluding hydrogens is 410 g/mol. The molecule has 0 saturated heterocycles. The molecule has 1 nitrogen and oxygen atoms in total. The summed E-state index contributed by atoms with van der Waals surface area (Å²) in [5.41, 5.74) is 6.01. The summed E-state index contributed by atoms with van der Waals surface area (Å²) in [6.07, 6.45) is 2.08. The van der Waals surface area contributed by atoms with Gasteiger partial charge in [-0.2, -0.15) is 0 Å². The third-order valence-corrected chi connectivity index (χ3v) is 6.88. The summed E-state index contributed by atoms with van der Waals surface area (Å²) in [6.45, 7) is 0. The molecule has 0 aliphatic heterocycles. The van der Waals surface area contributed by atoms with Crippen molar-refractivity contribution in [3.05, 3.63) is 128 Å². The number of pyridine rings is 1. The van der Waals surface area contributed by atoms with Crippen molar-refractivity contribution in [1.29, 1.82) is 0 Å². The standard InChI is InChI=1S/C33H21N/c1-2-12-23(13-3-1)31-26-16-6-7-17-27(26)32(25-19-10-14-22-11-4-5-15-24(22)25)29-21-34-30-20-9-8-18-28(30)33(29)31/h1-21H. The van der Waals surface area contributed by atoms with Crippen LogP contribution in [0.3, 0.4) is 0 Å². The third kappa shape index (κ3) is 2.77. The van der Waals surface area contributed by atoms with Gasteiger partial charge in [-0.25, -0.2) is 0 Å². The highest BCUT2D eigenvalue weighted by atomic mass is 14.6. The Morgan fingerprint density at radius 1 is 0.412 bits per heavy atom. The Bertz CT molecular complexity index is 1840. The van der Waals surface area contributed by atoms with E-state index in [1.165, 1.54) is 60.0 Å². The zero-order valence-corrected chi connectivity index (χ0v) is 18.6. The predicted octanol–water partition coefficient (Wildman–Crippen LogP) is 9.03. The number of benzene rings is 6. The molecule has 0 radical (unpaired) electrons. The quantitative estimate of drug-likeness (QED) is 0.196. The molecule has 0 spiro atoms. The van der Waals surface area contributed by atoms with Gasteiger partial charge in [-0.1, -0.05) is 115 Å².